The van der Waals surface area contributed by atoms with Gasteiger partial charge in [-0.3, -0.25) is 4.79 Å². The molecule has 2 aromatic rings. The van der Waals surface area contributed by atoms with E-state index in [-0.39, 0.29) is 5.91 Å². The van der Waals surface area contributed by atoms with Crippen molar-refractivity contribution in [3.63, 3.8) is 0 Å². The zero-order valence-corrected chi connectivity index (χ0v) is 13.4. The zero-order valence-electron chi connectivity index (χ0n) is 13.4. The average molecular weight is 313 g/mol. The fraction of sp³-hybridized carbons (Fsp3) is 0.278. The van der Waals surface area contributed by atoms with Gasteiger partial charge in [-0.15, -0.1) is 0 Å². The zero-order chi connectivity index (χ0) is 16.4. The molecule has 5 heteroatoms. The van der Waals surface area contributed by atoms with E-state index in [4.69, 9.17) is 14.2 Å². The van der Waals surface area contributed by atoms with Crippen LogP contribution in [0.3, 0.4) is 0 Å². The maximum Gasteiger partial charge on any atom is 0.255 e. The van der Waals surface area contributed by atoms with Crippen LogP contribution in [0.5, 0.6) is 17.2 Å². The van der Waals surface area contributed by atoms with Gasteiger partial charge in [-0.25, -0.2) is 0 Å². The van der Waals surface area contributed by atoms with E-state index >= 15 is 0 Å². The van der Waals surface area contributed by atoms with Gasteiger partial charge < -0.3 is 19.5 Å². The summed E-state index contributed by atoms with van der Waals surface area (Å²) in [6.45, 7) is 4.86. The Kier molecular flexibility index (Phi) is 4.10. The Labute approximate surface area is 135 Å². The van der Waals surface area contributed by atoms with Gasteiger partial charge in [-0.1, -0.05) is 18.2 Å². The fourth-order valence-corrected chi connectivity index (χ4v) is 2.60. The van der Waals surface area contributed by atoms with Crippen LogP contribution in [-0.4, -0.2) is 26.2 Å². The number of nitrogens with one attached hydrogen (secondary N) is 1. The van der Waals surface area contributed by atoms with E-state index in [2.05, 4.69) is 5.32 Å². The van der Waals surface area contributed by atoms with Crippen LogP contribution < -0.4 is 19.5 Å². The molecule has 0 bridgehead atoms. The minimum absolute atomic E-state index is 0.210. The molecule has 1 amide bonds. The number of hydrogen-bond acceptors (Lipinski definition) is 4. The summed E-state index contributed by atoms with van der Waals surface area (Å²) in [7, 11) is 1.54. The molecule has 0 fully saturated rings. The molecule has 0 spiro atoms. The number of para-hydroxylation sites is 1. The molecule has 1 aliphatic heterocycles. The van der Waals surface area contributed by atoms with Crippen LogP contribution in [0.2, 0.25) is 0 Å². The van der Waals surface area contributed by atoms with Crippen molar-refractivity contribution in [3.8, 4) is 17.2 Å². The summed E-state index contributed by atoms with van der Waals surface area (Å²) < 4.78 is 16.4. The highest BCUT2D eigenvalue weighted by molar-refractivity contribution is 6.05. The van der Waals surface area contributed by atoms with E-state index in [0.29, 0.717) is 36.0 Å². The van der Waals surface area contributed by atoms with E-state index < -0.39 is 0 Å². The van der Waals surface area contributed by atoms with Crippen molar-refractivity contribution < 1.29 is 19.0 Å². The molecule has 1 aliphatic rings. The molecule has 5 nitrogen and oxygen atoms in total. The Morgan fingerprint density at radius 1 is 1.13 bits per heavy atom. The molecule has 0 unspecified atom stereocenters. The number of amides is 1. The van der Waals surface area contributed by atoms with Gasteiger partial charge in [0.2, 0.25) is 5.75 Å². The summed E-state index contributed by atoms with van der Waals surface area (Å²) in [6.07, 6.45) is 0. The van der Waals surface area contributed by atoms with Crippen LogP contribution in [0.15, 0.2) is 30.3 Å². The molecule has 0 saturated heterocycles. The van der Waals surface area contributed by atoms with E-state index in [1.165, 1.54) is 0 Å². The van der Waals surface area contributed by atoms with Crippen molar-refractivity contribution >= 4 is 11.6 Å². The highest BCUT2D eigenvalue weighted by atomic mass is 16.6. The van der Waals surface area contributed by atoms with Gasteiger partial charge in [0.15, 0.2) is 11.5 Å². The lowest BCUT2D eigenvalue weighted by atomic mass is 10.1. The Balaban J connectivity index is 1.94. The molecular weight excluding hydrogens is 294 g/mol. The van der Waals surface area contributed by atoms with Gasteiger partial charge in [-0.2, -0.15) is 0 Å². The second-order valence-electron chi connectivity index (χ2n) is 5.42. The third kappa shape index (κ3) is 2.95. The first-order chi connectivity index (χ1) is 11.1. The largest absolute Gasteiger partial charge is 0.493 e. The molecule has 0 aliphatic carbocycles. The van der Waals surface area contributed by atoms with Crippen molar-refractivity contribution in [2.24, 2.45) is 0 Å². The Hall–Kier alpha value is -2.69. The van der Waals surface area contributed by atoms with Gasteiger partial charge in [-0.05, 0) is 37.1 Å². The molecule has 0 aromatic heterocycles. The summed E-state index contributed by atoms with van der Waals surface area (Å²) in [5.41, 5.74) is 3.32. The van der Waals surface area contributed by atoms with Crippen LogP contribution in [0.1, 0.15) is 21.5 Å². The molecule has 2 aromatic carbocycles. The molecule has 3 rings (SSSR count). The predicted molar refractivity (Wildman–Crippen MR) is 87.9 cm³/mol. The maximum atomic E-state index is 12.6. The first-order valence-electron chi connectivity index (χ1n) is 7.45. The lowest BCUT2D eigenvalue weighted by molar-refractivity contribution is 0.102. The van der Waals surface area contributed by atoms with Gasteiger partial charge in [0.1, 0.15) is 13.2 Å². The first-order valence-corrected chi connectivity index (χ1v) is 7.45. The van der Waals surface area contributed by atoms with E-state index in [1.54, 1.807) is 19.2 Å². The van der Waals surface area contributed by atoms with E-state index in [0.717, 1.165) is 16.8 Å². The smallest absolute Gasteiger partial charge is 0.255 e. The van der Waals surface area contributed by atoms with Crippen LogP contribution in [0.4, 0.5) is 5.69 Å². The summed E-state index contributed by atoms with van der Waals surface area (Å²) in [6, 6.07) is 9.24. The van der Waals surface area contributed by atoms with Gasteiger partial charge in [0.25, 0.3) is 5.91 Å². The van der Waals surface area contributed by atoms with Crippen molar-refractivity contribution in [3.05, 3.63) is 47.0 Å². The number of ether oxygens (including phenoxy) is 3. The third-order valence-corrected chi connectivity index (χ3v) is 3.81. The standard InChI is InChI=1S/C18H19NO4/c1-11-5-4-6-12(2)16(11)19-18(20)13-9-14(21-3)17-15(10-13)22-7-8-23-17/h4-6,9-10H,7-8H2,1-3H3,(H,19,20). The number of hydrogen-bond donors (Lipinski definition) is 1. The average Bonchev–Trinajstić information content (AvgIpc) is 2.57. The minimum atomic E-state index is -0.210. The molecule has 1 heterocycles. The van der Waals surface area contributed by atoms with Crippen molar-refractivity contribution in [1.29, 1.82) is 0 Å². The molecule has 0 radical (unpaired) electrons. The Bertz CT molecular complexity index is 717. The van der Waals surface area contributed by atoms with Crippen molar-refractivity contribution in [2.75, 3.05) is 25.6 Å². The topological polar surface area (TPSA) is 56.8 Å². The lowest BCUT2D eigenvalue weighted by Gasteiger charge is -2.21. The monoisotopic (exact) mass is 313 g/mol. The molecule has 1 N–H and O–H groups in total. The summed E-state index contributed by atoms with van der Waals surface area (Å²) in [5.74, 6) is 1.36. The van der Waals surface area contributed by atoms with Crippen LogP contribution in [0, 0.1) is 13.8 Å². The van der Waals surface area contributed by atoms with Crippen LogP contribution in [-0.2, 0) is 0 Å². The first kappa shape index (κ1) is 15.2. The summed E-state index contributed by atoms with van der Waals surface area (Å²) in [5, 5.41) is 2.96. The number of fused-ring (bicyclic) bond motifs is 1. The van der Waals surface area contributed by atoms with Crippen molar-refractivity contribution in [2.45, 2.75) is 13.8 Å². The fourth-order valence-electron chi connectivity index (χ4n) is 2.60. The van der Waals surface area contributed by atoms with Gasteiger partial charge in [0.05, 0.1) is 7.11 Å². The lowest BCUT2D eigenvalue weighted by Crippen LogP contribution is -2.18. The number of aryl methyl sites for hydroxylation is 2. The van der Waals surface area contributed by atoms with E-state index in [9.17, 15) is 4.79 Å². The second kappa shape index (κ2) is 6.20. The van der Waals surface area contributed by atoms with E-state index in [1.807, 2.05) is 32.0 Å². The highest BCUT2D eigenvalue weighted by Crippen LogP contribution is 2.40. The molecule has 23 heavy (non-hydrogen) atoms. The predicted octanol–water partition coefficient (Wildman–Crippen LogP) is 3.34. The molecule has 0 atom stereocenters. The second-order valence-corrected chi connectivity index (χ2v) is 5.42. The quantitative estimate of drug-likeness (QED) is 0.944. The normalized spacial score (nSPS) is 12.7. The molecular formula is C18H19NO4. The van der Waals surface area contributed by atoms with Crippen molar-refractivity contribution in [1.82, 2.24) is 0 Å². The summed E-state index contributed by atoms with van der Waals surface area (Å²) in [4.78, 5) is 12.6. The number of anilines is 1. The maximum absolute atomic E-state index is 12.6. The van der Waals surface area contributed by atoms with Crippen LogP contribution in [0.25, 0.3) is 0 Å². The number of carbonyl (C=O) groups is 1. The number of carbonyl (C=O) groups excluding carboxylic acids is 1. The third-order valence-electron chi connectivity index (χ3n) is 3.81. The molecule has 0 saturated carbocycles. The minimum Gasteiger partial charge on any atom is -0.493 e. The highest BCUT2D eigenvalue weighted by Gasteiger charge is 2.21. The number of methoxy groups -OCH3 is 1. The number of rotatable bonds is 3. The SMILES string of the molecule is COc1cc(C(=O)Nc2c(C)cccc2C)cc2c1OCCO2. The number of benzene rings is 2. The molecule has 120 valence electrons. The Morgan fingerprint density at radius 3 is 2.52 bits per heavy atom. The summed E-state index contributed by atoms with van der Waals surface area (Å²) >= 11 is 0. The van der Waals surface area contributed by atoms with Gasteiger partial charge in [0, 0.05) is 11.3 Å². The van der Waals surface area contributed by atoms with Crippen LogP contribution >= 0.6 is 0 Å². The Morgan fingerprint density at radius 2 is 1.83 bits per heavy atom. The van der Waals surface area contributed by atoms with Gasteiger partial charge >= 0.3 is 0 Å².